The van der Waals surface area contributed by atoms with Crippen molar-refractivity contribution >= 4 is 11.7 Å². The number of amides is 2. The molecule has 0 radical (unpaired) electrons. The van der Waals surface area contributed by atoms with Crippen molar-refractivity contribution in [3.63, 3.8) is 0 Å². The summed E-state index contributed by atoms with van der Waals surface area (Å²) in [5.41, 5.74) is 1.96. The van der Waals surface area contributed by atoms with E-state index >= 15 is 0 Å². The lowest BCUT2D eigenvalue weighted by Crippen LogP contribution is -2.49. The van der Waals surface area contributed by atoms with E-state index in [4.69, 9.17) is 9.47 Å². The molecule has 1 aromatic carbocycles. The molecule has 2 aliphatic rings. The maximum atomic E-state index is 12.3. The van der Waals surface area contributed by atoms with Crippen LogP contribution in [-0.4, -0.2) is 53.8 Å². The summed E-state index contributed by atoms with van der Waals surface area (Å²) >= 11 is 0. The van der Waals surface area contributed by atoms with E-state index in [0.717, 1.165) is 36.8 Å². The molecule has 0 spiro atoms. The zero-order valence-electron chi connectivity index (χ0n) is 13.9. The molecule has 0 bridgehead atoms. The van der Waals surface area contributed by atoms with Gasteiger partial charge in [-0.1, -0.05) is 6.07 Å². The Bertz CT molecular complexity index is 745. The van der Waals surface area contributed by atoms with Crippen LogP contribution in [0.25, 0.3) is 0 Å². The second kappa shape index (κ2) is 6.98. The number of pyridine rings is 1. The highest BCUT2D eigenvalue weighted by Crippen LogP contribution is 2.32. The number of fused-ring (bicyclic) bond motifs is 1. The van der Waals surface area contributed by atoms with E-state index in [1.165, 1.54) is 5.56 Å². The minimum absolute atomic E-state index is 0.0612. The molecule has 130 valence electrons. The molecule has 1 aromatic heterocycles. The summed E-state index contributed by atoms with van der Waals surface area (Å²) in [6, 6.07) is 9.56. The smallest absolute Gasteiger partial charge is 0.321 e. The van der Waals surface area contributed by atoms with E-state index in [1.54, 1.807) is 24.5 Å². The number of carbonyl (C=O) groups is 1. The molecule has 2 aliphatic heterocycles. The molecule has 2 amide bonds. The lowest BCUT2D eigenvalue weighted by Gasteiger charge is -2.34. The number of piperazine rings is 1. The molecule has 2 aromatic rings. The van der Waals surface area contributed by atoms with Crippen molar-refractivity contribution in [3.05, 3.63) is 48.3 Å². The van der Waals surface area contributed by atoms with Crippen LogP contribution in [0, 0.1) is 0 Å². The topological polar surface area (TPSA) is 66.9 Å². The van der Waals surface area contributed by atoms with Gasteiger partial charge in [-0.25, -0.2) is 4.79 Å². The second-order valence-corrected chi connectivity index (χ2v) is 6.12. The Morgan fingerprint density at radius 1 is 1.04 bits per heavy atom. The lowest BCUT2D eigenvalue weighted by molar-refractivity contribution is 0.143. The number of hydrogen-bond donors (Lipinski definition) is 1. The Balaban J connectivity index is 1.29. The number of anilines is 1. The van der Waals surface area contributed by atoms with Crippen molar-refractivity contribution in [1.82, 2.24) is 14.8 Å². The number of urea groups is 1. The highest BCUT2D eigenvalue weighted by molar-refractivity contribution is 5.89. The summed E-state index contributed by atoms with van der Waals surface area (Å²) in [6.45, 7) is 4.25. The zero-order valence-corrected chi connectivity index (χ0v) is 13.9. The van der Waals surface area contributed by atoms with Gasteiger partial charge in [0.1, 0.15) is 0 Å². The fourth-order valence-electron chi connectivity index (χ4n) is 3.04. The molecule has 0 aliphatic carbocycles. The fraction of sp³-hybridized carbons (Fsp3) is 0.333. The molecule has 4 rings (SSSR count). The van der Waals surface area contributed by atoms with E-state index in [2.05, 4.69) is 21.3 Å². The largest absolute Gasteiger partial charge is 0.454 e. The SMILES string of the molecule is O=C(Nc1ccncc1)N1CCN(Cc2ccc3c(c2)OCO3)CC1. The van der Waals surface area contributed by atoms with E-state index in [1.807, 2.05) is 17.0 Å². The number of carbonyl (C=O) groups excluding carboxylic acids is 1. The molecule has 1 saturated heterocycles. The third-order valence-electron chi connectivity index (χ3n) is 4.43. The Morgan fingerprint density at radius 3 is 2.60 bits per heavy atom. The Labute approximate surface area is 146 Å². The summed E-state index contributed by atoms with van der Waals surface area (Å²) in [5, 5.41) is 2.90. The van der Waals surface area contributed by atoms with Crippen LogP contribution in [0.4, 0.5) is 10.5 Å². The van der Waals surface area contributed by atoms with Gasteiger partial charge in [-0.15, -0.1) is 0 Å². The van der Waals surface area contributed by atoms with Crippen LogP contribution in [0.3, 0.4) is 0 Å². The zero-order chi connectivity index (χ0) is 17.1. The third kappa shape index (κ3) is 3.66. The van der Waals surface area contributed by atoms with Gasteiger partial charge in [0, 0.05) is 50.8 Å². The molecule has 0 saturated carbocycles. The predicted octanol–water partition coefficient (Wildman–Crippen LogP) is 2.16. The van der Waals surface area contributed by atoms with Gasteiger partial charge in [0.15, 0.2) is 11.5 Å². The van der Waals surface area contributed by atoms with Gasteiger partial charge in [0.25, 0.3) is 0 Å². The van der Waals surface area contributed by atoms with Crippen LogP contribution in [0.15, 0.2) is 42.7 Å². The van der Waals surface area contributed by atoms with Crippen LogP contribution in [0.2, 0.25) is 0 Å². The molecule has 0 unspecified atom stereocenters. The Kier molecular flexibility index (Phi) is 4.39. The Hall–Kier alpha value is -2.80. The first-order chi connectivity index (χ1) is 12.3. The maximum Gasteiger partial charge on any atom is 0.321 e. The first-order valence-corrected chi connectivity index (χ1v) is 8.35. The van der Waals surface area contributed by atoms with Crippen molar-refractivity contribution in [1.29, 1.82) is 0 Å². The molecular weight excluding hydrogens is 320 g/mol. The minimum atomic E-state index is -0.0612. The number of rotatable bonds is 3. The molecule has 25 heavy (non-hydrogen) atoms. The van der Waals surface area contributed by atoms with Gasteiger partial charge < -0.3 is 19.7 Å². The summed E-state index contributed by atoms with van der Waals surface area (Å²) in [7, 11) is 0. The van der Waals surface area contributed by atoms with E-state index in [0.29, 0.717) is 19.9 Å². The first kappa shape index (κ1) is 15.7. The molecule has 1 N–H and O–H groups in total. The van der Waals surface area contributed by atoms with Crippen LogP contribution >= 0.6 is 0 Å². The standard InChI is InChI=1S/C18H20N4O3/c23-18(20-15-3-5-19-6-4-15)22-9-7-21(8-10-22)12-14-1-2-16-17(11-14)25-13-24-16/h1-6,11H,7-10,12-13H2,(H,19,20,23). The van der Waals surface area contributed by atoms with Crippen LogP contribution in [-0.2, 0) is 6.54 Å². The second-order valence-electron chi connectivity index (χ2n) is 6.12. The average molecular weight is 340 g/mol. The van der Waals surface area contributed by atoms with Gasteiger partial charge in [0.2, 0.25) is 6.79 Å². The summed E-state index contributed by atoms with van der Waals surface area (Å²) < 4.78 is 10.8. The van der Waals surface area contributed by atoms with E-state index < -0.39 is 0 Å². The van der Waals surface area contributed by atoms with Gasteiger partial charge >= 0.3 is 6.03 Å². The average Bonchev–Trinajstić information content (AvgIpc) is 3.11. The Morgan fingerprint density at radius 2 is 1.80 bits per heavy atom. The van der Waals surface area contributed by atoms with Crippen molar-refractivity contribution in [2.24, 2.45) is 0 Å². The van der Waals surface area contributed by atoms with Crippen molar-refractivity contribution < 1.29 is 14.3 Å². The molecule has 0 atom stereocenters. The predicted molar refractivity (Wildman–Crippen MR) is 92.7 cm³/mol. The van der Waals surface area contributed by atoms with E-state index in [-0.39, 0.29) is 6.03 Å². The van der Waals surface area contributed by atoms with Gasteiger partial charge in [-0.05, 0) is 29.8 Å². The number of nitrogens with one attached hydrogen (secondary N) is 1. The minimum Gasteiger partial charge on any atom is -0.454 e. The molecule has 1 fully saturated rings. The van der Waals surface area contributed by atoms with Gasteiger partial charge in [-0.3, -0.25) is 9.88 Å². The normalized spacial score (nSPS) is 16.7. The summed E-state index contributed by atoms with van der Waals surface area (Å²) in [4.78, 5) is 20.4. The number of benzene rings is 1. The van der Waals surface area contributed by atoms with Crippen molar-refractivity contribution in [3.8, 4) is 11.5 Å². The van der Waals surface area contributed by atoms with Gasteiger partial charge in [0.05, 0.1) is 0 Å². The molecular formula is C18H20N4O3. The van der Waals surface area contributed by atoms with Crippen LogP contribution < -0.4 is 14.8 Å². The highest BCUT2D eigenvalue weighted by atomic mass is 16.7. The third-order valence-corrected chi connectivity index (χ3v) is 4.43. The van der Waals surface area contributed by atoms with Crippen LogP contribution in [0.1, 0.15) is 5.56 Å². The van der Waals surface area contributed by atoms with Crippen molar-refractivity contribution in [2.75, 3.05) is 38.3 Å². The summed E-state index contributed by atoms with van der Waals surface area (Å²) in [6.07, 6.45) is 3.33. The number of hydrogen-bond acceptors (Lipinski definition) is 5. The molecule has 7 heteroatoms. The maximum absolute atomic E-state index is 12.3. The molecule has 3 heterocycles. The van der Waals surface area contributed by atoms with Crippen LogP contribution in [0.5, 0.6) is 11.5 Å². The van der Waals surface area contributed by atoms with Crippen molar-refractivity contribution in [2.45, 2.75) is 6.54 Å². The fourth-order valence-corrected chi connectivity index (χ4v) is 3.04. The first-order valence-electron chi connectivity index (χ1n) is 8.35. The number of nitrogens with zero attached hydrogens (tertiary/aromatic N) is 3. The summed E-state index contributed by atoms with van der Waals surface area (Å²) in [5.74, 6) is 1.62. The number of ether oxygens (including phenoxy) is 2. The highest BCUT2D eigenvalue weighted by Gasteiger charge is 2.22. The number of aromatic nitrogens is 1. The quantitative estimate of drug-likeness (QED) is 0.927. The van der Waals surface area contributed by atoms with E-state index in [9.17, 15) is 4.79 Å². The molecule has 7 nitrogen and oxygen atoms in total. The monoisotopic (exact) mass is 340 g/mol. The lowest BCUT2D eigenvalue weighted by atomic mass is 10.1. The van der Waals surface area contributed by atoms with Gasteiger partial charge in [-0.2, -0.15) is 0 Å².